The van der Waals surface area contributed by atoms with Crippen LogP contribution < -0.4 is 0 Å². The lowest BCUT2D eigenvalue weighted by atomic mass is 9.73. The van der Waals surface area contributed by atoms with Gasteiger partial charge in [0.2, 0.25) is 0 Å². The monoisotopic (exact) mass is 278 g/mol. The Morgan fingerprint density at radius 2 is 1.85 bits per heavy atom. The Hall–Kier alpha value is -1.55. The molecule has 1 aromatic carbocycles. The Kier molecular flexibility index (Phi) is 4.65. The molecule has 1 aliphatic carbocycles. The molecule has 1 fully saturated rings. The van der Waals surface area contributed by atoms with Gasteiger partial charge in [0.1, 0.15) is 11.7 Å². The number of esters is 1. The fourth-order valence-corrected chi connectivity index (χ4v) is 3.01. The zero-order valence-corrected chi connectivity index (χ0v) is 11.8. The van der Waals surface area contributed by atoms with Crippen LogP contribution in [-0.2, 0) is 9.53 Å². The van der Waals surface area contributed by atoms with E-state index in [1.807, 2.05) is 0 Å². The Balaban J connectivity index is 2.33. The van der Waals surface area contributed by atoms with E-state index in [4.69, 9.17) is 4.74 Å². The second kappa shape index (κ2) is 6.27. The van der Waals surface area contributed by atoms with Crippen LogP contribution in [0.25, 0.3) is 0 Å². The lowest BCUT2D eigenvalue weighted by Gasteiger charge is -2.38. The van der Waals surface area contributed by atoms with E-state index in [-0.39, 0.29) is 11.7 Å². The number of carbonyl (C=O) groups is 1. The number of phenols is 1. The highest BCUT2D eigenvalue weighted by Crippen LogP contribution is 2.41. The average Bonchev–Trinajstić information content (AvgIpc) is 2.42. The lowest BCUT2D eigenvalue weighted by molar-refractivity contribution is -0.154. The smallest absolute Gasteiger partial charge is 0.316 e. The number of hydrogen-bond acceptors (Lipinski definition) is 4. The number of ether oxygens (including phenoxy) is 1. The van der Waals surface area contributed by atoms with E-state index in [1.54, 1.807) is 19.1 Å². The minimum Gasteiger partial charge on any atom is -0.508 e. The second-order valence-electron chi connectivity index (χ2n) is 5.44. The zero-order valence-electron chi connectivity index (χ0n) is 11.8. The van der Waals surface area contributed by atoms with E-state index in [0.29, 0.717) is 25.0 Å². The number of aliphatic hydroxyl groups is 1. The number of benzene rings is 1. The molecule has 20 heavy (non-hydrogen) atoms. The molecular weight excluding hydrogens is 256 g/mol. The van der Waals surface area contributed by atoms with E-state index in [1.165, 1.54) is 12.1 Å². The van der Waals surface area contributed by atoms with Crippen LogP contribution in [0.15, 0.2) is 24.3 Å². The summed E-state index contributed by atoms with van der Waals surface area (Å²) in [6, 6.07) is 6.44. The maximum Gasteiger partial charge on any atom is 0.316 e. The molecule has 0 amide bonds. The minimum absolute atomic E-state index is 0.145. The summed E-state index contributed by atoms with van der Waals surface area (Å²) in [5.41, 5.74) is -0.341. The molecule has 0 aliphatic heterocycles. The minimum atomic E-state index is -1.04. The number of carbonyl (C=O) groups excluding carboxylic acids is 1. The van der Waals surface area contributed by atoms with Crippen molar-refractivity contribution in [3.05, 3.63) is 29.8 Å². The van der Waals surface area contributed by atoms with Gasteiger partial charge < -0.3 is 14.9 Å². The molecule has 110 valence electrons. The maximum absolute atomic E-state index is 12.3. The summed E-state index contributed by atoms with van der Waals surface area (Å²) in [5, 5.41) is 20.3. The summed E-state index contributed by atoms with van der Waals surface area (Å²) in [5.74, 6) is -0.919. The molecule has 0 aromatic heterocycles. The summed E-state index contributed by atoms with van der Waals surface area (Å²) in [6.07, 6.45) is 4.15. The third kappa shape index (κ3) is 3.12. The Bertz CT molecular complexity index is 446. The van der Waals surface area contributed by atoms with Crippen molar-refractivity contribution < 1.29 is 19.7 Å². The molecule has 2 N–H and O–H groups in total. The number of rotatable bonds is 4. The summed E-state index contributed by atoms with van der Waals surface area (Å²) in [6.45, 7) is 2.06. The van der Waals surface area contributed by atoms with Gasteiger partial charge in [0.15, 0.2) is 0 Å². The topological polar surface area (TPSA) is 66.8 Å². The van der Waals surface area contributed by atoms with Crippen molar-refractivity contribution in [2.75, 3.05) is 6.61 Å². The second-order valence-corrected chi connectivity index (χ2v) is 5.44. The molecule has 4 nitrogen and oxygen atoms in total. The van der Waals surface area contributed by atoms with Crippen LogP contribution in [0.5, 0.6) is 5.75 Å². The number of phenolic OH excluding ortho intramolecular Hbond substituents is 1. The van der Waals surface area contributed by atoms with Crippen molar-refractivity contribution in [1.29, 1.82) is 0 Å². The van der Waals surface area contributed by atoms with E-state index in [9.17, 15) is 15.0 Å². The molecule has 1 aliphatic rings. The van der Waals surface area contributed by atoms with Crippen LogP contribution in [0.2, 0.25) is 0 Å². The van der Waals surface area contributed by atoms with Gasteiger partial charge in [0.05, 0.1) is 12.2 Å². The summed E-state index contributed by atoms with van der Waals surface area (Å²) >= 11 is 0. The molecule has 4 heteroatoms. The van der Waals surface area contributed by atoms with E-state index in [0.717, 1.165) is 19.3 Å². The van der Waals surface area contributed by atoms with Crippen LogP contribution in [0, 0.1) is 0 Å². The molecule has 0 radical (unpaired) electrons. The van der Waals surface area contributed by atoms with Crippen molar-refractivity contribution in [3.8, 4) is 5.75 Å². The Labute approximate surface area is 119 Å². The van der Waals surface area contributed by atoms with Gasteiger partial charge in [-0.1, -0.05) is 31.4 Å². The highest BCUT2D eigenvalue weighted by Gasteiger charge is 2.43. The highest BCUT2D eigenvalue weighted by molar-refractivity contribution is 5.80. The van der Waals surface area contributed by atoms with Gasteiger partial charge in [-0.3, -0.25) is 4.79 Å². The van der Waals surface area contributed by atoms with Crippen molar-refractivity contribution in [2.24, 2.45) is 0 Å². The molecule has 2 rings (SSSR count). The summed E-state index contributed by atoms with van der Waals surface area (Å²) < 4.78 is 5.15. The van der Waals surface area contributed by atoms with Crippen LogP contribution in [0.4, 0.5) is 0 Å². The third-order valence-electron chi connectivity index (χ3n) is 4.01. The van der Waals surface area contributed by atoms with Gasteiger partial charge >= 0.3 is 5.97 Å². The largest absolute Gasteiger partial charge is 0.508 e. The van der Waals surface area contributed by atoms with Crippen molar-refractivity contribution in [3.63, 3.8) is 0 Å². The summed E-state index contributed by atoms with van der Waals surface area (Å²) in [7, 11) is 0. The van der Waals surface area contributed by atoms with Crippen LogP contribution in [0.3, 0.4) is 0 Å². The standard InChI is InChI=1S/C16H22O4/c1-2-20-15(18)14(12-6-8-13(17)9-7-12)16(19)10-4-3-5-11-16/h6-9,14,17,19H,2-5,10-11H2,1H3/t14-/m0/s1. The first kappa shape index (κ1) is 14.9. The maximum atomic E-state index is 12.3. The predicted molar refractivity (Wildman–Crippen MR) is 75.5 cm³/mol. The fraction of sp³-hybridized carbons (Fsp3) is 0.562. The molecule has 1 aromatic rings. The van der Waals surface area contributed by atoms with E-state index in [2.05, 4.69) is 0 Å². The van der Waals surface area contributed by atoms with Gasteiger partial charge in [-0.25, -0.2) is 0 Å². The van der Waals surface area contributed by atoms with Crippen molar-refractivity contribution >= 4 is 5.97 Å². The quantitative estimate of drug-likeness (QED) is 0.831. The number of aromatic hydroxyl groups is 1. The Morgan fingerprint density at radius 3 is 2.40 bits per heavy atom. The van der Waals surface area contributed by atoms with Crippen LogP contribution in [0.1, 0.15) is 50.5 Å². The summed E-state index contributed by atoms with van der Waals surface area (Å²) in [4.78, 5) is 12.3. The van der Waals surface area contributed by atoms with Gasteiger partial charge in [-0.15, -0.1) is 0 Å². The van der Waals surface area contributed by atoms with Crippen LogP contribution in [-0.4, -0.2) is 28.4 Å². The third-order valence-corrected chi connectivity index (χ3v) is 4.01. The van der Waals surface area contributed by atoms with Gasteiger partial charge in [0, 0.05) is 0 Å². The van der Waals surface area contributed by atoms with Gasteiger partial charge in [-0.2, -0.15) is 0 Å². The van der Waals surface area contributed by atoms with E-state index >= 15 is 0 Å². The molecule has 1 atom stereocenters. The zero-order chi connectivity index (χ0) is 14.6. The van der Waals surface area contributed by atoms with Crippen molar-refractivity contribution in [2.45, 2.75) is 50.5 Å². The first-order valence-corrected chi connectivity index (χ1v) is 7.25. The molecule has 1 saturated carbocycles. The molecule has 0 spiro atoms. The van der Waals surface area contributed by atoms with E-state index < -0.39 is 11.5 Å². The van der Waals surface area contributed by atoms with Crippen LogP contribution >= 0.6 is 0 Å². The molecular formula is C16H22O4. The Morgan fingerprint density at radius 1 is 1.25 bits per heavy atom. The first-order chi connectivity index (χ1) is 9.57. The molecule has 0 heterocycles. The molecule has 0 bridgehead atoms. The molecule has 0 unspecified atom stereocenters. The SMILES string of the molecule is CCOC(=O)[C@H](c1ccc(O)cc1)C1(O)CCCCC1. The van der Waals surface area contributed by atoms with Gasteiger partial charge in [-0.05, 0) is 37.5 Å². The predicted octanol–water partition coefficient (Wildman–Crippen LogP) is 2.73. The average molecular weight is 278 g/mol. The lowest BCUT2D eigenvalue weighted by Crippen LogP contribution is -2.43. The van der Waals surface area contributed by atoms with Crippen molar-refractivity contribution in [1.82, 2.24) is 0 Å². The first-order valence-electron chi connectivity index (χ1n) is 7.25. The normalized spacial score (nSPS) is 19.3. The van der Waals surface area contributed by atoms with Gasteiger partial charge in [0.25, 0.3) is 0 Å². The number of hydrogen-bond donors (Lipinski definition) is 2. The fourth-order valence-electron chi connectivity index (χ4n) is 3.01. The highest BCUT2D eigenvalue weighted by atomic mass is 16.5. The molecule has 0 saturated heterocycles.